The molecular formula is C15H13BrN2O. The van der Waals surface area contributed by atoms with E-state index < -0.39 is 0 Å². The molecule has 19 heavy (non-hydrogen) atoms. The van der Waals surface area contributed by atoms with Crippen LogP contribution in [0.15, 0.2) is 47.1 Å². The van der Waals surface area contributed by atoms with Crippen molar-refractivity contribution in [1.29, 1.82) is 0 Å². The quantitative estimate of drug-likeness (QED) is 0.807. The van der Waals surface area contributed by atoms with Gasteiger partial charge in [-0.2, -0.15) is 0 Å². The Kier molecular flexibility index (Phi) is 3.34. The Labute approximate surface area is 120 Å². The molecular weight excluding hydrogens is 304 g/mol. The van der Waals surface area contributed by atoms with Gasteiger partial charge in [-0.3, -0.25) is 9.78 Å². The van der Waals surface area contributed by atoms with Crippen molar-refractivity contribution in [3.8, 4) is 0 Å². The molecule has 0 spiro atoms. The van der Waals surface area contributed by atoms with Gasteiger partial charge in [-0.25, -0.2) is 0 Å². The average Bonchev–Trinajstić information content (AvgIpc) is 2.47. The molecule has 96 valence electrons. The van der Waals surface area contributed by atoms with E-state index in [0.29, 0.717) is 5.56 Å². The first-order valence-electron chi connectivity index (χ1n) is 6.27. The first-order chi connectivity index (χ1) is 9.25. The van der Waals surface area contributed by atoms with Gasteiger partial charge in [0.25, 0.3) is 5.91 Å². The summed E-state index contributed by atoms with van der Waals surface area (Å²) in [4.78, 5) is 18.7. The number of fused-ring (bicyclic) bond motifs is 1. The molecule has 0 N–H and O–H groups in total. The fourth-order valence-electron chi connectivity index (χ4n) is 2.35. The number of rotatable bonds is 1. The highest BCUT2D eigenvalue weighted by Crippen LogP contribution is 2.26. The normalized spacial score (nSPS) is 14.1. The van der Waals surface area contributed by atoms with Crippen molar-refractivity contribution in [2.75, 3.05) is 11.4 Å². The zero-order valence-electron chi connectivity index (χ0n) is 10.3. The smallest absolute Gasteiger partial charge is 0.258 e. The van der Waals surface area contributed by atoms with E-state index >= 15 is 0 Å². The van der Waals surface area contributed by atoms with Gasteiger partial charge in [-0.1, -0.05) is 15.9 Å². The van der Waals surface area contributed by atoms with Crippen LogP contribution in [0.1, 0.15) is 22.5 Å². The van der Waals surface area contributed by atoms with Gasteiger partial charge in [-0.05, 0) is 49.2 Å². The van der Waals surface area contributed by atoms with E-state index in [-0.39, 0.29) is 5.91 Å². The number of halogens is 1. The fraction of sp³-hybridized carbons (Fsp3) is 0.200. The predicted molar refractivity (Wildman–Crippen MR) is 78.4 cm³/mol. The molecule has 1 aromatic carbocycles. The largest absolute Gasteiger partial charge is 0.307 e. The van der Waals surface area contributed by atoms with Crippen molar-refractivity contribution >= 4 is 27.5 Å². The molecule has 0 saturated heterocycles. The number of hydrogen-bond donors (Lipinski definition) is 0. The van der Waals surface area contributed by atoms with Crippen LogP contribution < -0.4 is 4.90 Å². The monoisotopic (exact) mass is 316 g/mol. The lowest BCUT2D eigenvalue weighted by molar-refractivity contribution is 0.0985. The van der Waals surface area contributed by atoms with Crippen molar-refractivity contribution in [2.24, 2.45) is 0 Å². The Bertz CT molecular complexity index is 610. The second-order valence-corrected chi connectivity index (χ2v) is 5.45. The predicted octanol–water partition coefficient (Wildman–Crippen LogP) is 3.44. The number of carbonyl (C=O) groups is 1. The van der Waals surface area contributed by atoms with Crippen LogP contribution in [0, 0.1) is 0 Å². The summed E-state index contributed by atoms with van der Waals surface area (Å²) in [5, 5.41) is 0. The SMILES string of the molecule is O=C(c1ccc(Br)cc1)N1CCCc2ncccc21. The third kappa shape index (κ3) is 2.40. The zero-order chi connectivity index (χ0) is 13.2. The van der Waals surface area contributed by atoms with E-state index in [9.17, 15) is 4.79 Å². The number of amides is 1. The molecule has 0 aliphatic carbocycles. The van der Waals surface area contributed by atoms with E-state index in [4.69, 9.17) is 0 Å². The Balaban J connectivity index is 1.95. The Morgan fingerprint density at radius 1 is 1.21 bits per heavy atom. The molecule has 0 unspecified atom stereocenters. The van der Waals surface area contributed by atoms with E-state index in [1.54, 1.807) is 6.20 Å². The third-order valence-corrected chi connectivity index (χ3v) is 3.82. The van der Waals surface area contributed by atoms with Crippen molar-refractivity contribution in [3.05, 3.63) is 58.3 Å². The summed E-state index contributed by atoms with van der Waals surface area (Å²) in [6.07, 6.45) is 3.69. The van der Waals surface area contributed by atoms with Crippen molar-refractivity contribution in [2.45, 2.75) is 12.8 Å². The first-order valence-corrected chi connectivity index (χ1v) is 7.06. The maximum absolute atomic E-state index is 12.6. The minimum Gasteiger partial charge on any atom is -0.307 e. The molecule has 0 atom stereocenters. The number of nitrogens with zero attached hydrogens (tertiary/aromatic N) is 2. The molecule has 4 heteroatoms. The van der Waals surface area contributed by atoms with Gasteiger partial charge in [0.05, 0.1) is 11.4 Å². The Morgan fingerprint density at radius 2 is 2.00 bits per heavy atom. The maximum Gasteiger partial charge on any atom is 0.258 e. The molecule has 1 aliphatic heterocycles. The van der Waals surface area contributed by atoms with E-state index in [2.05, 4.69) is 20.9 Å². The molecule has 2 heterocycles. The number of benzene rings is 1. The molecule has 3 rings (SSSR count). The summed E-state index contributed by atoms with van der Waals surface area (Å²) in [7, 11) is 0. The van der Waals surface area contributed by atoms with Gasteiger partial charge >= 0.3 is 0 Å². The highest BCUT2D eigenvalue weighted by Gasteiger charge is 2.23. The second-order valence-electron chi connectivity index (χ2n) is 4.54. The summed E-state index contributed by atoms with van der Waals surface area (Å²) in [6.45, 7) is 0.758. The summed E-state index contributed by atoms with van der Waals surface area (Å²) in [5.74, 6) is 0.0430. The molecule has 0 saturated carbocycles. The van der Waals surface area contributed by atoms with E-state index in [1.807, 2.05) is 41.3 Å². The Morgan fingerprint density at radius 3 is 2.79 bits per heavy atom. The van der Waals surface area contributed by atoms with Crippen molar-refractivity contribution < 1.29 is 4.79 Å². The van der Waals surface area contributed by atoms with Gasteiger partial charge in [-0.15, -0.1) is 0 Å². The Hall–Kier alpha value is -1.68. The summed E-state index contributed by atoms with van der Waals surface area (Å²) >= 11 is 3.38. The van der Waals surface area contributed by atoms with Crippen LogP contribution in [-0.4, -0.2) is 17.4 Å². The summed E-state index contributed by atoms with van der Waals surface area (Å²) in [6, 6.07) is 11.3. The van der Waals surface area contributed by atoms with E-state index in [0.717, 1.165) is 35.2 Å². The van der Waals surface area contributed by atoms with Crippen LogP contribution in [0.25, 0.3) is 0 Å². The molecule has 0 radical (unpaired) electrons. The molecule has 1 aliphatic rings. The number of pyridine rings is 1. The maximum atomic E-state index is 12.6. The van der Waals surface area contributed by atoms with Gasteiger partial charge < -0.3 is 4.90 Å². The molecule has 0 bridgehead atoms. The third-order valence-electron chi connectivity index (χ3n) is 3.29. The number of aryl methyl sites for hydroxylation is 1. The molecule has 1 amide bonds. The second kappa shape index (κ2) is 5.13. The minimum absolute atomic E-state index is 0.0430. The molecule has 2 aromatic rings. The lowest BCUT2D eigenvalue weighted by Crippen LogP contribution is -2.35. The van der Waals surface area contributed by atoms with Crippen LogP contribution in [0.5, 0.6) is 0 Å². The highest BCUT2D eigenvalue weighted by atomic mass is 79.9. The molecule has 3 nitrogen and oxygen atoms in total. The zero-order valence-corrected chi connectivity index (χ0v) is 11.9. The van der Waals surface area contributed by atoms with Crippen molar-refractivity contribution in [3.63, 3.8) is 0 Å². The summed E-state index contributed by atoms with van der Waals surface area (Å²) < 4.78 is 0.977. The van der Waals surface area contributed by atoms with E-state index in [1.165, 1.54) is 0 Å². The van der Waals surface area contributed by atoms with Crippen LogP contribution >= 0.6 is 15.9 Å². The molecule has 1 aromatic heterocycles. The van der Waals surface area contributed by atoms with Gasteiger partial charge in [0.15, 0.2) is 0 Å². The average molecular weight is 317 g/mol. The van der Waals surface area contributed by atoms with Gasteiger partial charge in [0, 0.05) is 22.8 Å². The standard InChI is InChI=1S/C15H13BrN2O/c16-12-7-5-11(6-8-12)15(19)18-10-2-3-13-14(18)4-1-9-17-13/h1,4-9H,2-3,10H2. The van der Waals surface area contributed by atoms with Crippen LogP contribution in [0.4, 0.5) is 5.69 Å². The van der Waals surface area contributed by atoms with Gasteiger partial charge in [0.2, 0.25) is 0 Å². The number of aromatic nitrogens is 1. The summed E-state index contributed by atoms with van der Waals surface area (Å²) in [5.41, 5.74) is 2.67. The number of anilines is 1. The van der Waals surface area contributed by atoms with Crippen molar-refractivity contribution in [1.82, 2.24) is 4.98 Å². The van der Waals surface area contributed by atoms with Gasteiger partial charge in [0.1, 0.15) is 0 Å². The minimum atomic E-state index is 0.0430. The van der Waals surface area contributed by atoms with Crippen LogP contribution in [0.2, 0.25) is 0 Å². The van der Waals surface area contributed by atoms with Crippen LogP contribution in [-0.2, 0) is 6.42 Å². The lowest BCUT2D eigenvalue weighted by Gasteiger charge is -2.28. The number of hydrogen-bond acceptors (Lipinski definition) is 2. The highest BCUT2D eigenvalue weighted by molar-refractivity contribution is 9.10. The van der Waals surface area contributed by atoms with Crippen LogP contribution in [0.3, 0.4) is 0 Å². The topological polar surface area (TPSA) is 33.2 Å². The lowest BCUT2D eigenvalue weighted by atomic mass is 10.1. The number of carbonyl (C=O) groups excluding carboxylic acids is 1. The fourth-order valence-corrected chi connectivity index (χ4v) is 2.62. The first kappa shape index (κ1) is 12.4. The molecule has 0 fully saturated rings.